The number of unbranched alkanes of at least 4 members (excludes halogenated alkanes) is 3. The highest BCUT2D eigenvalue weighted by molar-refractivity contribution is 5.98. The number of piperidine rings is 1. The number of amides is 2. The lowest BCUT2D eigenvalue weighted by Gasteiger charge is -2.34. The summed E-state index contributed by atoms with van der Waals surface area (Å²) >= 11 is 0. The van der Waals surface area contributed by atoms with Crippen LogP contribution >= 0.6 is 0 Å². The molecular formula is C13H23NO2. The van der Waals surface area contributed by atoms with Gasteiger partial charge in [-0.2, -0.15) is 0 Å². The summed E-state index contributed by atoms with van der Waals surface area (Å²) in [6, 6.07) is 0. The molecule has 1 aliphatic rings. The molecule has 2 amide bonds. The lowest BCUT2D eigenvalue weighted by Crippen LogP contribution is -2.46. The molecule has 0 unspecified atom stereocenters. The Labute approximate surface area is 98.2 Å². The van der Waals surface area contributed by atoms with Gasteiger partial charge in [0.2, 0.25) is 11.8 Å². The van der Waals surface area contributed by atoms with Crippen LogP contribution in [0, 0.1) is 5.41 Å². The summed E-state index contributed by atoms with van der Waals surface area (Å²) in [7, 11) is 0. The lowest BCUT2D eigenvalue weighted by atomic mass is 9.81. The SMILES string of the molecule is CCCCCCN1C(=O)CC(C)(C)CC1=O. The number of nitrogens with zero attached hydrogens (tertiary/aromatic N) is 1. The normalized spacial score (nSPS) is 20.3. The fourth-order valence-electron chi connectivity index (χ4n) is 2.16. The van der Waals surface area contributed by atoms with Crippen LogP contribution < -0.4 is 0 Å². The zero-order chi connectivity index (χ0) is 12.2. The number of hydrogen-bond donors (Lipinski definition) is 0. The molecule has 0 aliphatic carbocycles. The summed E-state index contributed by atoms with van der Waals surface area (Å²) in [5.74, 6) is 0.0236. The minimum atomic E-state index is -0.145. The zero-order valence-corrected chi connectivity index (χ0v) is 10.7. The van der Waals surface area contributed by atoms with E-state index in [0.29, 0.717) is 19.4 Å². The van der Waals surface area contributed by atoms with E-state index in [4.69, 9.17) is 0 Å². The quantitative estimate of drug-likeness (QED) is 0.533. The van der Waals surface area contributed by atoms with E-state index in [9.17, 15) is 9.59 Å². The molecule has 92 valence electrons. The fourth-order valence-corrected chi connectivity index (χ4v) is 2.16. The summed E-state index contributed by atoms with van der Waals surface area (Å²) in [6.07, 6.45) is 5.43. The molecule has 3 nitrogen and oxygen atoms in total. The molecule has 0 saturated carbocycles. The monoisotopic (exact) mass is 225 g/mol. The molecule has 0 aromatic carbocycles. The highest BCUT2D eigenvalue weighted by Crippen LogP contribution is 2.31. The van der Waals surface area contributed by atoms with Crippen LogP contribution in [0.15, 0.2) is 0 Å². The number of carbonyl (C=O) groups excluding carboxylic acids is 2. The average molecular weight is 225 g/mol. The van der Waals surface area contributed by atoms with Crippen molar-refractivity contribution in [3.8, 4) is 0 Å². The van der Waals surface area contributed by atoms with E-state index in [1.54, 1.807) is 0 Å². The van der Waals surface area contributed by atoms with Gasteiger partial charge in [-0.1, -0.05) is 40.0 Å². The number of rotatable bonds is 5. The smallest absolute Gasteiger partial charge is 0.229 e. The van der Waals surface area contributed by atoms with Gasteiger partial charge < -0.3 is 0 Å². The Bertz CT molecular complexity index is 251. The zero-order valence-electron chi connectivity index (χ0n) is 10.7. The molecule has 1 saturated heterocycles. The summed E-state index contributed by atoms with van der Waals surface area (Å²) in [6.45, 7) is 6.74. The van der Waals surface area contributed by atoms with E-state index < -0.39 is 0 Å². The van der Waals surface area contributed by atoms with Gasteiger partial charge in [-0.3, -0.25) is 14.5 Å². The largest absolute Gasteiger partial charge is 0.283 e. The first-order valence-electron chi connectivity index (χ1n) is 6.29. The molecule has 1 aliphatic heterocycles. The molecule has 1 fully saturated rings. The third-order valence-corrected chi connectivity index (χ3v) is 3.10. The fraction of sp³-hybridized carbons (Fsp3) is 0.846. The van der Waals surface area contributed by atoms with Gasteiger partial charge in [0, 0.05) is 19.4 Å². The van der Waals surface area contributed by atoms with E-state index in [0.717, 1.165) is 12.8 Å². The predicted molar refractivity (Wildman–Crippen MR) is 63.9 cm³/mol. The molecule has 16 heavy (non-hydrogen) atoms. The molecule has 0 spiro atoms. The van der Waals surface area contributed by atoms with Crippen molar-refractivity contribution in [2.45, 2.75) is 59.3 Å². The standard InChI is InChI=1S/C13H23NO2/c1-4-5-6-7-8-14-11(15)9-13(2,3)10-12(14)16/h4-10H2,1-3H3. The third kappa shape index (κ3) is 3.62. The van der Waals surface area contributed by atoms with Crippen molar-refractivity contribution in [3.63, 3.8) is 0 Å². The number of hydrogen-bond acceptors (Lipinski definition) is 2. The molecule has 0 aromatic rings. The van der Waals surface area contributed by atoms with Gasteiger partial charge in [-0.05, 0) is 11.8 Å². The summed E-state index contributed by atoms with van der Waals surface area (Å²) in [5.41, 5.74) is -0.145. The highest BCUT2D eigenvalue weighted by atomic mass is 16.2. The Morgan fingerprint density at radius 1 is 1.06 bits per heavy atom. The van der Waals surface area contributed by atoms with Gasteiger partial charge in [-0.25, -0.2) is 0 Å². The first kappa shape index (κ1) is 13.2. The van der Waals surface area contributed by atoms with Gasteiger partial charge in [0.05, 0.1) is 0 Å². The Hall–Kier alpha value is -0.860. The van der Waals surface area contributed by atoms with Crippen LogP contribution in [0.3, 0.4) is 0 Å². The molecule has 3 heteroatoms. The van der Waals surface area contributed by atoms with Crippen molar-refractivity contribution in [2.24, 2.45) is 5.41 Å². The minimum Gasteiger partial charge on any atom is -0.283 e. The molecule has 1 rings (SSSR count). The second kappa shape index (κ2) is 5.46. The summed E-state index contributed by atoms with van der Waals surface area (Å²) in [4.78, 5) is 25.0. The van der Waals surface area contributed by atoms with Crippen LogP contribution in [-0.4, -0.2) is 23.3 Å². The van der Waals surface area contributed by atoms with Gasteiger partial charge in [0.1, 0.15) is 0 Å². The van der Waals surface area contributed by atoms with Crippen LogP contribution in [0.4, 0.5) is 0 Å². The third-order valence-electron chi connectivity index (χ3n) is 3.10. The Kier molecular flexibility index (Phi) is 4.51. The predicted octanol–water partition coefficient (Wildman–Crippen LogP) is 2.74. The van der Waals surface area contributed by atoms with E-state index in [2.05, 4.69) is 6.92 Å². The Morgan fingerprint density at radius 2 is 1.62 bits per heavy atom. The van der Waals surface area contributed by atoms with E-state index in [-0.39, 0.29) is 17.2 Å². The number of imide groups is 1. The number of carbonyl (C=O) groups is 2. The van der Waals surface area contributed by atoms with E-state index in [1.807, 2.05) is 13.8 Å². The van der Waals surface area contributed by atoms with Gasteiger partial charge in [0.25, 0.3) is 0 Å². The number of likely N-dealkylation sites (tertiary alicyclic amines) is 1. The van der Waals surface area contributed by atoms with Gasteiger partial charge in [0.15, 0.2) is 0 Å². The maximum Gasteiger partial charge on any atom is 0.229 e. The maximum atomic E-state index is 11.8. The first-order valence-corrected chi connectivity index (χ1v) is 6.29. The molecule has 0 radical (unpaired) electrons. The van der Waals surface area contributed by atoms with Crippen molar-refractivity contribution in [2.75, 3.05) is 6.54 Å². The molecule has 0 aromatic heterocycles. The highest BCUT2D eigenvalue weighted by Gasteiger charge is 2.36. The van der Waals surface area contributed by atoms with Gasteiger partial charge >= 0.3 is 0 Å². The van der Waals surface area contributed by atoms with E-state index in [1.165, 1.54) is 17.7 Å². The van der Waals surface area contributed by atoms with Crippen molar-refractivity contribution in [1.29, 1.82) is 0 Å². The van der Waals surface area contributed by atoms with Crippen LogP contribution in [0.5, 0.6) is 0 Å². The van der Waals surface area contributed by atoms with Crippen molar-refractivity contribution < 1.29 is 9.59 Å². The van der Waals surface area contributed by atoms with Crippen molar-refractivity contribution in [3.05, 3.63) is 0 Å². The van der Waals surface area contributed by atoms with Crippen molar-refractivity contribution in [1.82, 2.24) is 4.90 Å². The summed E-state index contributed by atoms with van der Waals surface area (Å²) < 4.78 is 0. The second-order valence-electron chi connectivity index (χ2n) is 5.52. The second-order valence-corrected chi connectivity index (χ2v) is 5.52. The lowest BCUT2D eigenvalue weighted by molar-refractivity contribution is -0.152. The molecule has 0 atom stereocenters. The Morgan fingerprint density at radius 3 is 2.12 bits per heavy atom. The molecule has 0 N–H and O–H groups in total. The first-order chi connectivity index (χ1) is 7.46. The topological polar surface area (TPSA) is 37.4 Å². The average Bonchev–Trinajstić information content (AvgIpc) is 2.13. The maximum absolute atomic E-state index is 11.8. The van der Waals surface area contributed by atoms with Crippen LogP contribution in [0.2, 0.25) is 0 Å². The van der Waals surface area contributed by atoms with Crippen molar-refractivity contribution >= 4 is 11.8 Å². The molecular weight excluding hydrogens is 202 g/mol. The van der Waals surface area contributed by atoms with Crippen LogP contribution in [0.25, 0.3) is 0 Å². The van der Waals surface area contributed by atoms with E-state index >= 15 is 0 Å². The van der Waals surface area contributed by atoms with Crippen LogP contribution in [0.1, 0.15) is 59.3 Å². The minimum absolute atomic E-state index is 0.0118. The van der Waals surface area contributed by atoms with Gasteiger partial charge in [-0.15, -0.1) is 0 Å². The Balaban J connectivity index is 2.42. The van der Waals surface area contributed by atoms with Crippen LogP contribution in [-0.2, 0) is 9.59 Å². The molecule has 1 heterocycles. The molecule has 0 bridgehead atoms. The summed E-state index contributed by atoms with van der Waals surface area (Å²) in [5, 5.41) is 0.